The van der Waals surface area contributed by atoms with Crippen molar-refractivity contribution >= 4 is 17.4 Å². The van der Waals surface area contributed by atoms with E-state index in [4.69, 9.17) is 4.74 Å². The predicted octanol–water partition coefficient (Wildman–Crippen LogP) is 3.62. The summed E-state index contributed by atoms with van der Waals surface area (Å²) in [5.41, 5.74) is 3.76. The fourth-order valence-corrected chi connectivity index (χ4v) is 3.01. The van der Waals surface area contributed by atoms with Crippen molar-refractivity contribution in [3.8, 4) is 5.75 Å². The zero-order valence-corrected chi connectivity index (χ0v) is 15.1. The number of benzene rings is 1. The molecule has 5 nitrogen and oxygen atoms in total. The van der Waals surface area contributed by atoms with E-state index >= 15 is 0 Å². The predicted molar refractivity (Wildman–Crippen MR) is 100 cm³/mol. The number of carbonyl (C=O) groups excluding carboxylic acids is 1. The van der Waals surface area contributed by atoms with Crippen molar-refractivity contribution in [1.82, 2.24) is 4.98 Å². The summed E-state index contributed by atoms with van der Waals surface area (Å²) in [6.45, 7) is 8.04. The van der Waals surface area contributed by atoms with Crippen LogP contribution < -0.4 is 15.0 Å². The van der Waals surface area contributed by atoms with Gasteiger partial charge in [0.25, 0.3) is 5.91 Å². The molecule has 1 aliphatic rings. The molecule has 3 rings (SSSR count). The molecule has 25 heavy (non-hydrogen) atoms. The average Bonchev–Trinajstić information content (AvgIpc) is 3.12. The largest absolute Gasteiger partial charge is 0.483 e. The van der Waals surface area contributed by atoms with Crippen LogP contribution in [0, 0.1) is 20.8 Å². The number of aromatic nitrogens is 1. The van der Waals surface area contributed by atoms with Gasteiger partial charge in [0.2, 0.25) is 0 Å². The van der Waals surface area contributed by atoms with Crippen molar-refractivity contribution < 1.29 is 9.53 Å². The van der Waals surface area contributed by atoms with Crippen molar-refractivity contribution in [3.63, 3.8) is 0 Å². The van der Waals surface area contributed by atoms with Crippen LogP contribution in [0.1, 0.15) is 29.7 Å². The van der Waals surface area contributed by atoms with Crippen LogP contribution in [0.4, 0.5) is 11.5 Å². The van der Waals surface area contributed by atoms with Gasteiger partial charge in [-0.3, -0.25) is 4.79 Å². The first-order chi connectivity index (χ1) is 12.0. The van der Waals surface area contributed by atoms with E-state index in [9.17, 15) is 4.79 Å². The van der Waals surface area contributed by atoms with Gasteiger partial charge in [-0.2, -0.15) is 0 Å². The molecule has 1 saturated heterocycles. The summed E-state index contributed by atoms with van der Waals surface area (Å²) in [5, 5.41) is 2.89. The van der Waals surface area contributed by atoms with Crippen molar-refractivity contribution in [2.45, 2.75) is 33.6 Å². The second-order valence-electron chi connectivity index (χ2n) is 6.53. The number of amides is 1. The number of hydrogen-bond donors (Lipinski definition) is 1. The molecule has 5 heteroatoms. The Kier molecular flexibility index (Phi) is 5.22. The molecular weight excluding hydrogens is 314 g/mol. The minimum absolute atomic E-state index is 0.0163. The van der Waals surface area contributed by atoms with Crippen LogP contribution in [0.2, 0.25) is 0 Å². The second-order valence-corrected chi connectivity index (χ2v) is 6.53. The van der Waals surface area contributed by atoms with Gasteiger partial charge in [-0.25, -0.2) is 4.98 Å². The Balaban J connectivity index is 1.60. The third kappa shape index (κ3) is 4.10. The molecule has 0 unspecified atom stereocenters. The van der Waals surface area contributed by atoms with E-state index in [1.807, 2.05) is 51.1 Å². The van der Waals surface area contributed by atoms with E-state index in [-0.39, 0.29) is 12.5 Å². The fraction of sp³-hybridized carbons (Fsp3) is 0.400. The highest BCUT2D eigenvalue weighted by Crippen LogP contribution is 2.23. The zero-order chi connectivity index (χ0) is 17.8. The van der Waals surface area contributed by atoms with Crippen molar-refractivity contribution in [2.75, 3.05) is 29.9 Å². The SMILES string of the molecule is Cc1cccc(OCC(=O)Nc2ccc(N3CCCC3)nc2C)c1C. The van der Waals surface area contributed by atoms with Gasteiger partial charge in [0.05, 0.1) is 11.4 Å². The number of hydrogen-bond acceptors (Lipinski definition) is 4. The summed E-state index contributed by atoms with van der Waals surface area (Å²) < 4.78 is 5.66. The van der Waals surface area contributed by atoms with E-state index in [2.05, 4.69) is 15.2 Å². The monoisotopic (exact) mass is 339 g/mol. The molecule has 1 N–H and O–H groups in total. The number of anilines is 2. The first kappa shape index (κ1) is 17.3. The van der Waals surface area contributed by atoms with Crippen LogP contribution >= 0.6 is 0 Å². The van der Waals surface area contributed by atoms with Gasteiger partial charge in [-0.1, -0.05) is 12.1 Å². The minimum atomic E-state index is -0.181. The number of nitrogens with zero attached hydrogens (tertiary/aromatic N) is 2. The van der Waals surface area contributed by atoms with Gasteiger partial charge in [0.15, 0.2) is 6.61 Å². The lowest BCUT2D eigenvalue weighted by Crippen LogP contribution is -2.22. The van der Waals surface area contributed by atoms with Crippen LogP contribution in [0.3, 0.4) is 0 Å². The smallest absolute Gasteiger partial charge is 0.262 e. The Morgan fingerprint density at radius 3 is 2.64 bits per heavy atom. The lowest BCUT2D eigenvalue weighted by atomic mass is 10.1. The molecule has 1 aliphatic heterocycles. The van der Waals surface area contributed by atoms with Gasteiger partial charge in [0.1, 0.15) is 11.6 Å². The minimum Gasteiger partial charge on any atom is -0.483 e. The Bertz CT molecular complexity index is 768. The van der Waals surface area contributed by atoms with Crippen molar-refractivity contribution in [1.29, 1.82) is 0 Å². The molecule has 1 aromatic carbocycles. The zero-order valence-electron chi connectivity index (χ0n) is 15.1. The summed E-state index contributed by atoms with van der Waals surface area (Å²) in [6, 6.07) is 9.73. The van der Waals surface area contributed by atoms with Crippen molar-refractivity contribution in [2.24, 2.45) is 0 Å². The van der Waals surface area contributed by atoms with Gasteiger partial charge >= 0.3 is 0 Å². The Labute approximate surface area is 149 Å². The van der Waals surface area contributed by atoms with Gasteiger partial charge in [-0.15, -0.1) is 0 Å². The number of carbonyl (C=O) groups is 1. The van der Waals surface area contributed by atoms with Crippen LogP contribution in [0.15, 0.2) is 30.3 Å². The highest BCUT2D eigenvalue weighted by Gasteiger charge is 2.15. The molecular formula is C20H25N3O2. The summed E-state index contributed by atoms with van der Waals surface area (Å²) in [4.78, 5) is 19.1. The van der Waals surface area contributed by atoms with Crippen molar-refractivity contribution in [3.05, 3.63) is 47.2 Å². The number of rotatable bonds is 5. The van der Waals surface area contributed by atoms with Crippen LogP contribution in [0.5, 0.6) is 5.75 Å². The third-order valence-electron chi connectivity index (χ3n) is 4.69. The van der Waals surface area contributed by atoms with Crippen LogP contribution in [-0.2, 0) is 4.79 Å². The van der Waals surface area contributed by atoms with Crippen LogP contribution in [0.25, 0.3) is 0 Å². The molecule has 132 valence electrons. The Morgan fingerprint density at radius 1 is 1.16 bits per heavy atom. The van der Waals surface area contributed by atoms with Gasteiger partial charge in [0, 0.05) is 13.1 Å². The normalized spacial score (nSPS) is 13.8. The summed E-state index contributed by atoms with van der Waals surface area (Å²) in [5.74, 6) is 1.55. The quantitative estimate of drug-likeness (QED) is 0.904. The molecule has 0 bridgehead atoms. The maximum atomic E-state index is 12.2. The van der Waals surface area contributed by atoms with E-state index in [1.165, 1.54) is 12.8 Å². The highest BCUT2D eigenvalue weighted by molar-refractivity contribution is 5.92. The molecule has 0 spiro atoms. The molecule has 0 radical (unpaired) electrons. The first-order valence-electron chi connectivity index (χ1n) is 8.76. The lowest BCUT2D eigenvalue weighted by Gasteiger charge is -2.18. The number of ether oxygens (including phenoxy) is 1. The van der Waals surface area contributed by atoms with E-state index < -0.39 is 0 Å². The van der Waals surface area contributed by atoms with E-state index in [1.54, 1.807) is 0 Å². The van der Waals surface area contributed by atoms with Crippen LogP contribution in [-0.4, -0.2) is 30.6 Å². The first-order valence-corrected chi connectivity index (χ1v) is 8.76. The molecule has 2 aromatic rings. The molecule has 0 aliphatic carbocycles. The second kappa shape index (κ2) is 7.55. The van der Waals surface area contributed by atoms with Gasteiger partial charge in [-0.05, 0) is 62.9 Å². The maximum absolute atomic E-state index is 12.2. The topological polar surface area (TPSA) is 54.5 Å². The Morgan fingerprint density at radius 2 is 1.92 bits per heavy atom. The number of pyridine rings is 1. The number of nitrogens with one attached hydrogen (secondary N) is 1. The molecule has 0 atom stereocenters. The summed E-state index contributed by atoms with van der Waals surface area (Å²) >= 11 is 0. The highest BCUT2D eigenvalue weighted by atomic mass is 16.5. The Hall–Kier alpha value is -2.56. The molecule has 2 heterocycles. The van der Waals surface area contributed by atoms with E-state index in [0.717, 1.165) is 47.2 Å². The molecule has 1 aromatic heterocycles. The molecule has 0 saturated carbocycles. The fourth-order valence-electron chi connectivity index (χ4n) is 3.01. The molecule has 1 amide bonds. The maximum Gasteiger partial charge on any atom is 0.262 e. The number of aryl methyl sites for hydroxylation is 2. The molecule has 1 fully saturated rings. The third-order valence-corrected chi connectivity index (χ3v) is 4.69. The average molecular weight is 339 g/mol. The van der Waals surface area contributed by atoms with Gasteiger partial charge < -0.3 is 15.0 Å². The van der Waals surface area contributed by atoms with E-state index in [0.29, 0.717) is 0 Å². The lowest BCUT2D eigenvalue weighted by molar-refractivity contribution is -0.118. The summed E-state index contributed by atoms with van der Waals surface area (Å²) in [7, 11) is 0. The standard InChI is InChI=1S/C20H25N3O2/c1-14-7-6-8-18(15(14)2)25-13-20(24)22-17-9-10-19(21-16(17)3)23-11-4-5-12-23/h6-10H,4-5,11-13H2,1-3H3,(H,22,24). The summed E-state index contributed by atoms with van der Waals surface area (Å²) in [6.07, 6.45) is 2.43.